The molecule has 0 fully saturated rings. The van der Waals surface area contributed by atoms with Crippen molar-refractivity contribution in [3.05, 3.63) is 58.3 Å². The summed E-state index contributed by atoms with van der Waals surface area (Å²) in [6, 6.07) is 13.8. The Labute approximate surface area is 110 Å². The highest BCUT2D eigenvalue weighted by Gasteiger charge is 2.03. The summed E-state index contributed by atoms with van der Waals surface area (Å²) < 4.78 is 0. The van der Waals surface area contributed by atoms with E-state index in [4.69, 9.17) is 0 Å². The first-order valence-corrected chi connectivity index (χ1v) is 6.63. The number of hydrazone groups is 1. The lowest BCUT2D eigenvalue weighted by Gasteiger charge is -1.97. The van der Waals surface area contributed by atoms with Crippen LogP contribution in [0.5, 0.6) is 0 Å². The molecular formula is C14H14N2OS. The lowest BCUT2D eigenvalue weighted by Crippen LogP contribution is -2.15. The quantitative estimate of drug-likeness (QED) is 0.650. The van der Waals surface area contributed by atoms with E-state index in [0.717, 1.165) is 12.8 Å². The summed E-state index contributed by atoms with van der Waals surface area (Å²) in [7, 11) is 0. The van der Waals surface area contributed by atoms with E-state index in [2.05, 4.69) is 22.7 Å². The van der Waals surface area contributed by atoms with E-state index in [9.17, 15) is 4.79 Å². The molecule has 1 N–H and O–H groups in total. The van der Waals surface area contributed by atoms with Crippen LogP contribution >= 0.6 is 11.3 Å². The molecule has 0 aliphatic rings. The molecule has 4 heteroatoms. The maximum atomic E-state index is 11.5. The van der Waals surface area contributed by atoms with Gasteiger partial charge < -0.3 is 0 Å². The Morgan fingerprint density at radius 1 is 1.22 bits per heavy atom. The molecule has 0 spiro atoms. The molecule has 0 aliphatic carbocycles. The Morgan fingerprint density at radius 3 is 2.78 bits per heavy atom. The Morgan fingerprint density at radius 2 is 2.06 bits per heavy atom. The van der Waals surface area contributed by atoms with Crippen molar-refractivity contribution in [2.75, 3.05) is 0 Å². The second-order valence-electron chi connectivity index (χ2n) is 3.75. The molecule has 1 amide bonds. The normalized spacial score (nSPS) is 10.7. The molecule has 0 atom stereocenters. The topological polar surface area (TPSA) is 41.5 Å². The monoisotopic (exact) mass is 258 g/mol. The number of nitrogens with one attached hydrogen (secondary N) is 1. The van der Waals surface area contributed by atoms with Gasteiger partial charge in [-0.25, -0.2) is 5.43 Å². The number of carbonyl (C=O) groups is 1. The number of nitrogens with zero attached hydrogens (tertiary/aromatic N) is 1. The van der Waals surface area contributed by atoms with E-state index < -0.39 is 0 Å². The highest BCUT2D eigenvalue weighted by atomic mass is 32.1. The fraction of sp³-hybridized carbons (Fsp3) is 0.143. The van der Waals surface area contributed by atoms with Crippen LogP contribution in [0.25, 0.3) is 0 Å². The van der Waals surface area contributed by atoms with Gasteiger partial charge >= 0.3 is 0 Å². The van der Waals surface area contributed by atoms with Gasteiger partial charge in [0, 0.05) is 6.21 Å². The van der Waals surface area contributed by atoms with Crippen LogP contribution in [-0.2, 0) is 6.42 Å². The summed E-state index contributed by atoms with van der Waals surface area (Å²) >= 11 is 1.41. The third-order valence-corrected chi connectivity index (χ3v) is 3.28. The largest absolute Gasteiger partial charge is 0.281 e. The van der Waals surface area contributed by atoms with Gasteiger partial charge in [-0.3, -0.25) is 4.79 Å². The molecular weight excluding hydrogens is 244 g/mol. The molecule has 18 heavy (non-hydrogen) atoms. The smallest absolute Gasteiger partial charge is 0.266 e. The summed E-state index contributed by atoms with van der Waals surface area (Å²) in [5.74, 6) is -0.152. The van der Waals surface area contributed by atoms with Gasteiger partial charge in [0.25, 0.3) is 5.91 Å². The number of amides is 1. The molecule has 0 aliphatic heterocycles. The summed E-state index contributed by atoms with van der Waals surface area (Å²) in [5.41, 5.74) is 3.78. The summed E-state index contributed by atoms with van der Waals surface area (Å²) in [4.78, 5) is 12.2. The molecule has 2 rings (SSSR count). The first-order valence-electron chi connectivity index (χ1n) is 5.75. The maximum Gasteiger partial charge on any atom is 0.281 e. The van der Waals surface area contributed by atoms with E-state index in [1.807, 2.05) is 29.6 Å². The minimum Gasteiger partial charge on any atom is -0.266 e. The Balaban J connectivity index is 1.71. The van der Waals surface area contributed by atoms with Crippen molar-refractivity contribution in [1.29, 1.82) is 0 Å². The number of thiophene rings is 1. The third-order valence-electron chi connectivity index (χ3n) is 2.41. The van der Waals surface area contributed by atoms with Crippen molar-refractivity contribution < 1.29 is 4.79 Å². The number of aryl methyl sites for hydroxylation is 1. The van der Waals surface area contributed by atoms with Crippen molar-refractivity contribution >= 4 is 23.5 Å². The molecule has 1 aromatic heterocycles. The third kappa shape index (κ3) is 3.82. The molecule has 2 aromatic rings. The first-order chi connectivity index (χ1) is 8.86. The van der Waals surface area contributed by atoms with Crippen LogP contribution in [0.15, 0.2) is 52.9 Å². The standard InChI is InChI=1S/C14H14N2OS/c17-14(13-9-5-11-18-13)16-15-10-4-8-12-6-2-1-3-7-12/h1-3,5-7,9-11H,4,8H2,(H,16,17)/b15-10+. The molecule has 1 heterocycles. The summed E-state index contributed by atoms with van der Waals surface area (Å²) in [6.45, 7) is 0. The van der Waals surface area contributed by atoms with Crippen molar-refractivity contribution in [3.63, 3.8) is 0 Å². The Hall–Kier alpha value is -1.94. The SMILES string of the molecule is O=C(N/N=C/CCc1ccccc1)c1cccs1. The maximum absolute atomic E-state index is 11.5. The molecule has 92 valence electrons. The zero-order valence-electron chi connectivity index (χ0n) is 9.87. The van der Waals surface area contributed by atoms with Gasteiger partial charge in [0.05, 0.1) is 4.88 Å². The van der Waals surface area contributed by atoms with Gasteiger partial charge in [0.1, 0.15) is 0 Å². The van der Waals surface area contributed by atoms with E-state index in [1.54, 1.807) is 12.3 Å². The average molecular weight is 258 g/mol. The first kappa shape index (κ1) is 12.5. The van der Waals surface area contributed by atoms with Crippen LogP contribution in [0, 0.1) is 0 Å². The summed E-state index contributed by atoms with van der Waals surface area (Å²) in [5, 5.41) is 5.79. The van der Waals surface area contributed by atoms with Crippen molar-refractivity contribution in [2.24, 2.45) is 5.10 Å². The lowest BCUT2D eigenvalue weighted by atomic mass is 10.1. The van der Waals surface area contributed by atoms with E-state index in [0.29, 0.717) is 4.88 Å². The molecule has 0 saturated heterocycles. The van der Waals surface area contributed by atoms with E-state index in [-0.39, 0.29) is 5.91 Å². The molecule has 0 saturated carbocycles. The van der Waals surface area contributed by atoms with Crippen molar-refractivity contribution in [2.45, 2.75) is 12.8 Å². The van der Waals surface area contributed by atoms with Crippen molar-refractivity contribution in [3.8, 4) is 0 Å². The minimum atomic E-state index is -0.152. The zero-order chi connectivity index (χ0) is 12.6. The van der Waals surface area contributed by atoms with Crippen molar-refractivity contribution in [1.82, 2.24) is 5.43 Å². The summed E-state index contributed by atoms with van der Waals surface area (Å²) in [6.07, 6.45) is 3.48. The molecule has 0 radical (unpaired) electrons. The van der Waals surface area contributed by atoms with Gasteiger partial charge in [-0.2, -0.15) is 5.10 Å². The van der Waals surface area contributed by atoms with Gasteiger partial charge in [0.15, 0.2) is 0 Å². The lowest BCUT2D eigenvalue weighted by molar-refractivity contribution is 0.0959. The fourth-order valence-corrected chi connectivity index (χ4v) is 2.12. The highest BCUT2D eigenvalue weighted by molar-refractivity contribution is 7.12. The molecule has 3 nitrogen and oxygen atoms in total. The highest BCUT2D eigenvalue weighted by Crippen LogP contribution is 2.07. The number of hydrogen-bond acceptors (Lipinski definition) is 3. The van der Waals surface area contributed by atoms with Crippen LogP contribution in [0.2, 0.25) is 0 Å². The van der Waals surface area contributed by atoms with Gasteiger partial charge in [0.2, 0.25) is 0 Å². The molecule has 0 unspecified atom stereocenters. The second-order valence-corrected chi connectivity index (χ2v) is 4.70. The predicted octanol–water partition coefficient (Wildman–Crippen LogP) is 3.10. The number of benzene rings is 1. The van der Waals surface area contributed by atoms with Crippen LogP contribution in [-0.4, -0.2) is 12.1 Å². The number of rotatable bonds is 5. The number of hydrogen-bond donors (Lipinski definition) is 1. The van der Waals surface area contributed by atoms with Crippen LogP contribution < -0.4 is 5.43 Å². The van der Waals surface area contributed by atoms with Crippen LogP contribution in [0.1, 0.15) is 21.7 Å². The van der Waals surface area contributed by atoms with E-state index in [1.165, 1.54) is 16.9 Å². The van der Waals surface area contributed by atoms with Gasteiger partial charge in [-0.1, -0.05) is 36.4 Å². The fourth-order valence-electron chi connectivity index (χ4n) is 1.51. The molecule has 0 bridgehead atoms. The van der Waals surface area contributed by atoms with Gasteiger partial charge in [-0.05, 0) is 29.9 Å². The van der Waals surface area contributed by atoms with Crippen LogP contribution in [0.3, 0.4) is 0 Å². The van der Waals surface area contributed by atoms with Crippen LogP contribution in [0.4, 0.5) is 0 Å². The predicted molar refractivity (Wildman–Crippen MR) is 75.0 cm³/mol. The minimum absolute atomic E-state index is 0.152. The van der Waals surface area contributed by atoms with Gasteiger partial charge in [-0.15, -0.1) is 11.3 Å². The Bertz CT molecular complexity index is 506. The Kier molecular flexibility index (Phi) is 4.67. The number of carbonyl (C=O) groups excluding carboxylic acids is 1. The second kappa shape index (κ2) is 6.71. The molecule has 1 aromatic carbocycles. The van der Waals surface area contributed by atoms with E-state index >= 15 is 0 Å². The zero-order valence-corrected chi connectivity index (χ0v) is 10.7. The average Bonchev–Trinajstić information content (AvgIpc) is 2.93.